The molecule has 1 aliphatic carbocycles. The van der Waals surface area contributed by atoms with Gasteiger partial charge in [-0.1, -0.05) is 13.8 Å². The van der Waals surface area contributed by atoms with Crippen LogP contribution in [-0.4, -0.2) is 29.1 Å². The lowest BCUT2D eigenvalue weighted by Gasteiger charge is -2.30. The molecule has 1 fully saturated rings. The van der Waals surface area contributed by atoms with Crippen molar-refractivity contribution in [3.63, 3.8) is 0 Å². The smallest absolute Gasteiger partial charge is 0.169 e. The van der Waals surface area contributed by atoms with Gasteiger partial charge < -0.3 is 10.2 Å². The summed E-state index contributed by atoms with van der Waals surface area (Å²) < 4.78 is 0. The summed E-state index contributed by atoms with van der Waals surface area (Å²) in [5.74, 6) is 1.55. The van der Waals surface area contributed by atoms with Crippen LogP contribution in [0, 0.1) is 11.8 Å². The molecule has 3 heteroatoms. The van der Waals surface area contributed by atoms with Gasteiger partial charge >= 0.3 is 0 Å². The molecule has 0 heterocycles. The standard InChI is InChI=1S/C12H24N2S/c1-9(2)7-13-12(15)14(10(3)4)8-11-5-6-11/h9-11H,5-8H2,1-4H3,(H,13,15). The lowest BCUT2D eigenvalue weighted by Crippen LogP contribution is -2.45. The molecule has 0 atom stereocenters. The zero-order chi connectivity index (χ0) is 11.4. The van der Waals surface area contributed by atoms with Gasteiger partial charge in [0.05, 0.1) is 0 Å². The molecule has 0 saturated heterocycles. The zero-order valence-electron chi connectivity index (χ0n) is 10.4. The minimum Gasteiger partial charge on any atom is -0.362 e. The van der Waals surface area contributed by atoms with Crippen molar-refractivity contribution in [2.45, 2.75) is 46.6 Å². The van der Waals surface area contributed by atoms with E-state index in [0.29, 0.717) is 12.0 Å². The molecule has 0 amide bonds. The Labute approximate surface area is 99.4 Å². The predicted molar refractivity (Wildman–Crippen MR) is 70.0 cm³/mol. The molecule has 1 saturated carbocycles. The lowest BCUT2D eigenvalue weighted by molar-refractivity contribution is 0.329. The highest BCUT2D eigenvalue weighted by Crippen LogP contribution is 2.30. The quantitative estimate of drug-likeness (QED) is 0.728. The van der Waals surface area contributed by atoms with Gasteiger partial charge in [-0.2, -0.15) is 0 Å². The van der Waals surface area contributed by atoms with E-state index in [1.165, 1.54) is 12.8 Å². The van der Waals surface area contributed by atoms with Crippen molar-refractivity contribution in [3.8, 4) is 0 Å². The Balaban J connectivity index is 2.35. The summed E-state index contributed by atoms with van der Waals surface area (Å²) in [6, 6.07) is 0.512. The van der Waals surface area contributed by atoms with E-state index in [1.807, 2.05) is 0 Å². The van der Waals surface area contributed by atoms with Gasteiger partial charge in [-0.3, -0.25) is 0 Å². The fourth-order valence-corrected chi connectivity index (χ4v) is 1.87. The third-order valence-electron chi connectivity index (χ3n) is 2.70. The Morgan fingerprint density at radius 1 is 1.33 bits per heavy atom. The molecule has 1 N–H and O–H groups in total. The Hall–Kier alpha value is -0.310. The van der Waals surface area contributed by atoms with Gasteiger partial charge in [0, 0.05) is 19.1 Å². The molecule has 15 heavy (non-hydrogen) atoms. The van der Waals surface area contributed by atoms with Gasteiger partial charge in [-0.05, 0) is 50.7 Å². The van der Waals surface area contributed by atoms with Crippen LogP contribution in [0.2, 0.25) is 0 Å². The predicted octanol–water partition coefficient (Wildman–Crippen LogP) is 2.64. The normalized spacial score (nSPS) is 15.9. The molecule has 88 valence electrons. The minimum atomic E-state index is 0.512. The van der Waals surface area contributed by atoms with Crippen molar-refractivity contribution in [2.75, 3.05) is 13.1 Å². The molecule has 0 spiro atoms. The molecule has 0 radical (unpaired) electrons. The van der Waals surface area contributed by atoms with Gasteiger partial charge in [0.15, 0.2) is 5.11 Å². The largest absolute Gasteiger partial charge is 0.362 e. The van der Waals surface area contributed by atoms with E-state index in [4.69, 9.17) is 12.2 Å². The van der Waals surface area contributed by atoms with Crippen LogP contribution < -0.4 is 5.32 Å². The highest BCUT2D eigenvalue weighted by Gasteiger charge is 2.26. The molecular formula is C12H24N2S. The first-order valence-corrected chi connectivity index (χ1v) is 6.46. The fourth-order valence-electron chi connectivity index (χ4n) is 1.50. The SMILES string of the molecule is CC(C)CNC(=S)N(CC1CC1)C(C)C. The van der Waals surface area contributed by atoms with Gasteiger partial charge in [-0.25, -0.2) is 0 Å². The highest BCUT2D eigenvalue weighted by molar-refractivity contribution is 7.80. The summed E-state index contributed by atoms with van der Waals surface area (Å²) in [5.41, 5.74) is 0. The van der Waals surface area contributed by atoms with Crippen LogP contribution in [0.25, 0.3) is 0 Å². The number of nitrogens with zero attached hydrogens (tertiary/aromatic N) is 1. The number of hydrogen-bond donors (Lipinski definition) is 1. The van der Waals surface area contributed by atoms with E-state index in [-0.39, 0.29) is 0 Å². The number of nitrogens with one attached hydrogen (secondary N) is 1. The molecule has 0 aromatic heterocycles. The number of hydrogen-bond acceptors (Lipinski definition) is 1. The van der Waals surface area contributed by atoms with Gasteiger partial charge in [0.1, 0.15) is 0 Å². The molecule has 1 aliphatic rings. The molecule has 0 aromatic carbocycles. The van der Waals surface area contributed by atoms with Crippen LogP contribution >= 0.6 is 12.2 Å². The maximum absolute atomic E-state index is 5.43. The molecule has 0 bridgehead atoms. The maximum Gasteiger partial charge on any atom is 0.169 e. The third-order valence-corrected chi connectivity index (χ3v) is 3.08. The van der Waals surface area contributed by atoms with E-state index in [2.05, 4.69) is 37.9 Å². The second kappa shape index (κ2) is 5.69. The van der Waals surface area contributed by atoms with Crippen LogP contribution in [0.15, 0.2) is 0 Å². The molecule has 0 unspecified atom stereocenters. The van der Waals surface area contributed by atoms with Crippen molar-refractivity contribution in [1.82, 2.24) is 10.2 Å². The Morgan fingerprint density at radius 2 is 1.93 bits per heavy atom. The molecule has 2 nitrogen and oxygen atoms in total. The first-order chi connectivity index (χ1) is 7.00. The van der Waals surface area contributed by atoms with E-state index < -0.39 is 0 Å². The summed E-state index contributed by atoms with van der Waals surface area (Å²) in [6.45, 7) is 11.0. The van der Waals surface area contributed by atoms with Crippen molar-refractivity contribution in [2.24, 2.45) is 11.8 Å². The number of rotatable bonds is 5. The van der Waals surface area contributed by atoms with Crippen molar-refractivity contribution in [3.05, 3.63) is 0 Å². The minimum absolute atomic E-state index is 0.512. The monoisotopic (exact) mass is 228 g/mol. The maximum atomic E-state index is 5.43. The average molecular weight is 228 g/mol. The van der Waals surface area contributed by atoms with Crippen molar-refractivity contribution in [1.29, 1.82) is 0 Å². The topological polar surface area (TPSA) is 15.3 Å². The molecule has 0 aromatic rings. The second-order valence-corrected chi connectivity index (χ2v) is 5.66. The van der Waals surface area contributed by atoms with Crippen LogP contribution in [0.4, 0.5) is 0 Å². The summed E-state index contributed by atoms with van der Waals surface area (Å²) in [7, 11) is 0. The van der Waals surface area contributed by atoms with Gasteiger partial charge in [0.25, 0.3) is 0 Å². The van der Waals surface area contributed by atoms with Crippen LogP contribution in [-0.2, 0) is 0 Å². The average Bonchev–Trinajstić information content (AvgIpc) is 2.93. The zero-order valence-corrected chi connectivity index (χ0v) is 11.2. The first-order valence-electron chi connectivity index (χ1n) is 6.05. The van der Waals surface area contributed by atoms with E-state index in [0.717, 1.165) is 24.1 Å². The fraction of sp³-hybridized carbons (Fsp3) is 0.917. The highest BCUT2D eigenvalue weighted by atomic mass is 32.1. The Morgan fingerprint density at radius 3 is 2.33 bits per heavy atom. The van der Waals surface area contributed by atoms with Crippen LogP contribution in [0.5, 0.6) is 0 Å². The summed E-state index contributed by atoms with van der Waals surface area (Å²) in [4.78, 5) is 2.33. The lowest BCUT2D eigenvalue weighted by atomic mass is 10.2. The van der Waals surface area contributed by atoms with Gasteiger partial charge in [-0.15, -0.1) is 0 Å². The van der Waals surface area contributed by atoms with Crippen molar-refractivity contribution >= 4 is 17.3 Å². The summed E-state index contributed by atoms with van der Waals surface area (Å²) in [6.07, 6.45) is 2.77. The molecular weight excluding hydrogens is 204 g/mol. The van der Waals surface area contributed by atoms with Crippen LogP contribution in [0.3, 0.4) is 0 Å². The van der Waals surface area contributed by atoms with Crippen LogP contribution in [0.1, 0.15) is 40.5 Å². The third kappa shape index (κ3) is 4.83. The summed E-state index contributed by atoms with van der Waals surface area (Å²) >= 11 is 5.43. The second-order valence-electron chi connectivity index (χ2n) is 5.27. The van der Waals surface area contributed by atoms with E-state index >= 15 is 0 Å². The molecule has 0 aliphatic heterocycles. The van der Waals surface area contributed by atoms with Crippen molar-refractivity contribution < 1.29 is 0 Å². The Kier molecular flexibility index (Phi) is 4.84. The first kappa shape index (κ1) is 12.8. The van der Waals surface area contributed by atoms with E-state index in [1.54, 1.807) is 0 Å². The van der Waals surface area contributed by atoms with Gasteiger partial charge in [0.2, 0.25) is 0 Å². The Bertz CT molecular complexity index is 210. The van der Waals surface area contributed by atoms with E-state index in [9.17, 15) is 0 Å². The number of thiocarbonyl (C=S) groups is 1. The molecule has 1 rings (SSSR count). The summed E-state index contributed by atoms with van der Waals surface area (Å²) in [5, 5.41) is 4.29.